The number of carbonyl (C=O) groups is 2. The molecule has 1 aromatic carbocycles. The van der Waals surface area contributed by atoms with Gasteiger partial charge in [0.25, 0.3) is 5.79 Å². The number of hydrogen-bond acceptors (Lipinski definition) is 10. The zero-order valence-corrected chi connectivity index (χ0v) is 14.9. The molecule has 1 aromatic heterocycles. The molecule has 0 bridgehead atoms. The SMILES string of the molecule is CC1(C)OC(=O)C(=CNc2ccc(N3CCOCC3)c3nonc23)C(=O)O1. The molecule has 1 N–H and O–H groups in total. The van der Waals surface area contributed by atoms with Crippen molar-refractivity contribution in [3.63, 3.8) is 0 Å². The van der Waals surface area contributed by atoms with E-state index in [-0.39, 0.29) is 5.57 Å². The van der Waals surface area contributed by atoms with Crippen LogP contribution in [0.4, 0.5) is 11.4 Å². The van der Waals surface area contributed by atoms with Gasteiger partial charge in [-0.25, -0.2) is 14.2 Å². The van der Waals surface area contributed by atoms with Crippen LogP contribution in [0.1, 0.15) is 13.8 Å². The largest absolute Gasteiger partial charge is 0.419 e. The first kappa shape index (κ1) is 17.3. The van der Waals surface area contributed by atoms with Crippen molar-refractivity contribution in [3.05, 3.63) is 23.9 Å². The monoisotopic (exact) mass is 374 g/mol. The first-order valence-corrected chi connectivity index (χ1v) is 8.46. The maximum Gasteiger partial charge on any atom is 0.350 e. The average molecular weight is 374 g/mol. The van der Waals surface area contributed by atoms with Crippen molar-refractivity contribution in [2.45, 2.75) is 19.6 Å². The van der Waals surface area contributed by atoms with Crippen LogP contribution in [0, 0.1) is 0 Å². The van der Waals surface area contributed by atoms with Crippen LogP contribution in [-0.4, -0.2) is 54.3 Å². The highest BCUT2D eigenvalue weighted by Crippen LogP contribution is 2.31. The van der Waals surface area contributed by atoms with E-state index < -0.39 is 17.7 Å². The fraction of sp³-hybridized carbons (Fsp3) is 0.412. The molecule has 3 heterocycles. The summed E-state index contributed by atoms with van der Waals surface area (Å²) in [6, 6.07) is 3.65. The molecule has 0 saturated carbocycles. The Balaban J connectivity index is 1.61. The predicted molar refractivity (Wildman–Crippen MR) is 92.8 cm³/mol. The smallest absolute Gasteiger partial charge is 0.350 e. The Hall–Kier alpha value is -3.14. The van der Waals surface area contributed by atoms with Crippen LogP contribution in [-0.2, 0) is 23.8 Å². The minimum Gasteiger partial charge on any atom is -0.419 e. The minimum absolute atomic E-state index is 0.240. The fourth-order valence-corrected chi connectivity index (χ4v) is 2.96. The quantitative estimate of drug-likeness (QED) is 0.477. The molecule has 0 atom stereocenters. The molecule has 2 aliphatic heterocycles. The Kier molecular flexibility index (Phi) is 4.19. The molecule has 0 spiro atoms. The second-order valence-corrected chi connectivity index (χ2v) is 6.57. The lowest BCUT2D eigenvalue weighted by Crippen LogP contribution is -2.42. The molecule has 142 valence electrons. The Morgan fingerprint density at radius 3 is 2.44 bits per heavy atom. The standard InChI is InChI=1S/C17H18N4O6/c1-17(2)25-15(22)10(16(23)26-17)9-18-11-3-4-12(14-13(11)19-27-20-14)21-5-7-24-8-6-21/h3-4,9,18H,5-8H2,1-2H3. The third kappa shape index (κ3) is 3.31. The second kappa shape index (κ2) is 6.54. The van der Waals surface area contributed by atoms with E-state index in [0.29, 0.717) is 29.9 Å². The number of ether oxygens (including phenoxy) is 3. The van der Waals surface area contributed by atoms with Crippen LogP contribution in [0.2, 0.25) is 0 Å². The summed E-state index contributed by atoms with van der Waals surface area (Å²) in [5.74, 6) is -2.80. The van der Waals surface area contributed by atoms with Crippen LogP contribution < -0.4 is 10.2 Å². The van der Waals surface area contributed by atoms with Crippen molar-refractivity contribution in [2.24, 2.45) is 0 Å². The van der Waals surface area contributed by atoms with Crippen LogP contribution >= 0.6 is 0 Å². The van der Waals surface area contributed by atoms with Crippen LogP contribution in [0.15, 0.2) is 28.5 Å². The number of nitrogens with one attached hydrogen (secondary N) is 1. The summed E-state index contributed by atoms with van der Waals surface area (Å²) in [6.07, 6.45) is 1.23. The van der Waals surface area contributed by atoms with E-state index in [1.807, 2.05) is 6.07 Å². The number of aromatic nitrogens is 2. The maximum atomic E-state index is 12.0. The first-order chi connectivity index (χ1) is 12.9. The number of carbonyl (C=O) groups excluding carboxylic acids is 2. The number of rotatable bonds is 3. The first-order valence-electron chi connectivity index (χ1n) is 8.46. The summed E-state index contributed by atoms with van der Waals surface area (Å²) in [5, 5.41) is 10.8. The summed E-state index contributed by atoms with van der Waals surface area (Å²) >= 11 is 0. The second-order valence-electron chi connectivity index (χ2n) is 6.57. The molecule has 0 radical (unpaired) electrons. The lowest BCUT2D eigenvalue weighted by atomic mass is 10.2. The number of hydrogen-bond donors (Lipinski definition) is 1. The zero-order chi connectivity index (χ0) is 19.0. The average Bonchev–Trinajstić information content (AvgIpc) is 3.10. The molecule has 2 aliphatic rings. The molecule has 10 nitrogen and oxygen atoms in total. The summed E-state index contributed by atoms with van der Waals surface area (Å²) in [5.41, 5.74) is 2.23. The van der Waals surface area contributed by atoms with Crippen molar-refractivity contribution >= 4 is 34.3 Å². The number of morpholine rings is 1. The number of cyclic esters (lactones) is 2. The van der Waals surface area contributed by atoms with E-state index in [1.54, 1.807) is 6.07 Å². The number of fused-ring (bicyclic) bond motifs is 1. The van der Waals surface area contributed by atoms with Gasteiger partial charge in [0, 0.05) is 33.1 Å². The fourth-order valence-electron chi connectivity index (χ4n) is 2.96. The van der Waals surface area contributed by atoms with Crippen molar-refractivity contribution in [1.29, 1.82) is 0 Å². The van der Waals surface area contributed by atoms with Gasteiger partial charge in [0.1, 0.15) is 0 Å². The normalized spacial score (nSPS) is 19.6. The Morgan fingerprint density at radius 1 is 1.07 bits per heavy atom. The molecule has 0 aliphatic carbocycles. The van der Waals surface area contributed by atoms with Crippen LogP contribution in [0.5, 0.6) is 0 Å². The van der Waals surface area contributed by atoms with Gasteiger partial charge in [-0.2, -0.15) is 0 Å². The molecular formula is C17H18N4O6. The van der Waals surface area contributed by atoms with Gasteiger partial charge in [0.15, 0.2) is 16.6 Å². The Morgan fingerprint density at radius 2 is 1.74 bits per heavy atom. The topological polar surface area (TPSA) is 116 Å². The van der Waals surface area contributed by atoms with E-state index >= 15 is 0 Å². The predicted octanol–water partition coefficient (Wildman–Crippen LogP) is 1.19. The highest BCUT2D eigenvalue weighted by molar-refractivity contribution is 6.15. The van der Waals surface area contributed by atoms with Gasteiger partial charge < -0.3 is 24.4 Å². The third-order valence-corrected chi connectivity index (χ3v) is 4.23. The summed E-state index contributed by atoms with van der Waals surface area (Å²) < 4.78 is 20.4. The van der Waals surface area contributed by atoms with Crippen molar-refractivity contribution in [2.75, 3.05) is 36.5 Å². The van der Waals surface area contributed by atoms with Gasteiger partial charge >= 0.3 is 11.9 Å². The summed E-state index contributed by atoms with van der Waals surface area (Å²) in [4.78, 5) is 26.2. The molecule has 2 aromatic rings. The molecule has 2 saturated heterocycles. The number of benzene rings is 1. The minimum atomic E-state index is -1.28. The number of anilines is 2. The Labute approximate surface area is 154 Å². The van der Waals surface area contributed by atoms with Crippen molar-refractivity contribution in [1.82, 2.24) is 10.3 Å². The zero-order valence-electron chi connectivity index (χ0n) is 14.9. The summed E-state index contributed by atoms with van der Waals surface area (Å²) in [7, 11) is 0. The number of nitrogens with zero attached hydrogens (tertiary/aromatic N) is 3. The number of esters is 2. The van der Waals surface area contributed by atoms with E-state index in [1.165, 1.54) is 20.0 Å². The van der Waals surface area contributed by atoms with Crippen LogP contribution in [0.25, 0.3) is 11.0 Å². The van der Waals surface area contributed by atoms with E-state index in [9.17, 15) is 9.59 Å². The summed E-state index contributed by atoms with van der Waals surface area (Å²) in [6.45, 7) is 5.74. The molecular weight excluding hydrogens is 356 g/mol. The van der Waals surface area contributed by atoms with Gasteiger partial charge in [0.05, 0.1) is 24.6 Å². The van der Waals surface area contributed by atoms with E-state index in [4.69, 9.17) is 18.8 Å². The lowest BCUT2D eigenvalue weighted by molar-refractivity contribution is -0.222. The molecule has 4 rings (SSSR count). The van der Waals surface area contributed by atoms with Crippen molar-refractivity contribution in [3.8, 4) is 0 Å². The third-order valence-electron chi connectivity index (χ3n) is 4.23. The van der Waals surface area contributed by atoms with Gasteiger partial charge in [-0.05, 0) is 22.4 Å². The Bertz CT molecular complexity index is 907. The van der Waals surface area contributed by atoms with Gasteiger partial charge in [0.2, 0.25) is 0 Å². The highest BCUT2D eigenvalue weighted by atomic mass is 16.7. The molecule has 10 heteroatoms. The van der Waals surface area contributed by atoms with E-state index in [2.05, 4.69) is 20.5 Å². The van der Waals surface area contributed by atoms with Gasteiger partial charge in [-0.1, -0.05) is 0 Å². The van der Waals surface area contributed by atoms with Gasteiger partial charge in [-0.3, -0.25) is 0 Å². The van der Waals surface area contributed by atoms with E-state index in [0.717, 1.165) is 18.8 Å². The lowest BCUT2D eigenvalue weighted by Gasteiger charge is -2.29. The van der Waals surface area contributed by atoms with Gasteiger partial charge in [-0.15, -0.1) is 0 Å². The molecule has 2 fully saturated rings. The molecule has 0 amide bonds. The maximum absolute atomic E-state index is 12.0. The van der Waals surface area contributed by atoms with Crippen LogP contribution in [0.3, 0.4) is 0 Å². The molecule has 27 heavy (non-hydrogen) atoms. The van der Waals surface area contributed by atoms with Crippen molar-refractivity contribution < 1.29 is 28.4 Å². The highest BCUT2D eigenvalue weighted by Gasteiger charge is 2.39. The molecule has 0 unspecified atom stereocenters.